The van der Waals surface area contributed by atoms with Gasteiger partial charge in [-0.25, -0.2) is 4.98 Å². The molecule has 7 nitrogen and oxygen atoms in total. The SMILES string of the molecule is O=C(CO)Nc1ccc2ncn(CCCOc3ccccc3C(F)(F)F)c(=O)c2c1. The number of carbonyl (C=O) groups is 1. The molecule has 0 spiro atoms. The summed E-state index contributed by atoms with van der Waals surface area (Å²) in [6, 6.07) is 9.49. The Bertz CT molecular complexity index is 1110. The van der Waals surface area contributed by atoms with Crippen LogP contribution in [0.5, 0.6) is 5.75 Å². The number of nitrogens with one attached hydrogen (secondary N) is 1. The molecule has 0 aliphatic rings. The molecule has 0 unspecified atom stereocenters. The van der Waals surface area contributed by atoms with Gasteiger partial charge in [0.2, 0.25) is 5.91 Å². The second kappa shape index (κ2) is 8.95. The number of hydrogen-bond acceptors (Lipinski definition) is 5. The maximum atomic E-state index is 13.0. The van der Waals surface area contributed by atoms with E-state index in [4.69, 9.17) is 9.84 Å². The van der Waals surface area contributed by atoms with Gasteiger partial charge >= 0.3 is 6.18 Å². The van der Waals surface area contributed by atoms with Crippen molar-refractivity contribution in [1.29, 1.82) is 0 Å². The fourth-order valence-electron chi connectivity index (χ4n) is 2.84. The van der Waals surface area contributed by atoms with Crippen LogP contribution in [0.2, 0.25) is 0 Å². The van der Waals surface area contributed by atoms with E-state index in [0.717, 1.165) is 6.07 Å². The lowest BCUT2D eigenvalue weighted by molar-refractivity contribution is -0.139. The summed E-state index contributed by atoms with van der Waals surface area (Å²) in [5.41, 5.74) is -0.457. The second-order valence-corrected chi connectivity index (χ2v) is 6.38. The molecule has 0 fully saturated rings. The Labute approximate surface area is 168 Å². The van der Waals surface area contributed by atoms with Crippen molar-refractivity contribution in [3.63, 3.8) is 0 Å². The molecule has 30 heavy (non-hydrogen) atoms. The molecule has 10 heteroatoms. The van der Waals surface area contributed by atoms with E-state index in [2.05, 4.69) is 10.3 Å². The highest BCUT2D eigenvalue weighted by molar-refractivity contribution is 5.94. The largest absolute Gasteiger partial charge is 0.493 e. The van der Waals surface area contributed by atoms with Gasteiger partial charge in [0.25, 0.3) is 5.56 Å². The van der Waals surface area contributed by atoms with Gasteiger partial charge in [-0.15, -0.1) is 0 Å². The van der Waals surface area contributed by atoms with Crippen LogP contribution >= 0.6 is 0 Å². The van der Waals surface area contributed by atoms with Gasteiger partial charge in [-0.3, -0.25) is 14.2 Å². The van der Waals surface area contributed by atoms with Crippen molar-refractivity contribution in [2.24, 2.45) is 0 Å². The Morgan fingerprint density at radius 1 is 1.20 bits per heavy atom. The average molecular weight is 421 g/mol. The van der Waals surface area contributed by atoms with Gasteiger partial charge in [0, 0.05) is 12.2 Å². The number of anilines is 1. The van der Waals surface area contributed by atoms with Gasteiger partial charge in [0.15, 0.2) is 0 Å². The molecule has 1 heterocycles. The summed E-state index contributed by atoms with van der Waals surface area (Å²) in [5, 5.41) is 11.5. The highest BCUT2D eigenvalue weighted by Crippen LogP contribution is 2.35. The summed E-state index contributed by atoms with van der Waals surface area (Å²) >= 11 is 0. The molecular formula is C20H18F3N3O4. The minimum absolute atomic E-state index is 0.0236. The zero-order valence-corrected chi connectivity index (χ0v) is 15.6. The summed E-state index contributed by atoms with van der Waals surface area (Å²) in [6.45, 7) is -0.528. The molecule has 158 valence electrons. The summed E-state index contributed by atoms with van der Waals surface area (Å²) < 4.78 is 45.5. The molecule has 0 radical (unpaired) electrons. The van der Waals surface area contributed by atoms with Crippen molar-refractivity contribution >= 4 is 22.5 Å². The molecule has 1 amide bonds. The Morgan fingerprint density at radius 2 is 1.97 bits per heavy atom. The average Bonchev–Trinajstić information content (AvgIpc) is 2.72. The number of rotatable bonds is 7. The molecule has 0 atom stereocenters. The van der Waals surface area contributed by atoms with Crippen molar-refractivity contribution in [3.05, 3.63) is 64.7 Å². The number of aryl methyl sites for hydroxylation is 1. The van der Waals surface area contributed by atoms with Crippen LogP contribution in [0, 0.1) is 0 Å². The number of ether oxygens (including phenoxy) is 1. The fraction of sp³-hybridized carbons (Fsp3) is 0.250. The van der Waals surface area contributed by atoms with Crippen LogP contribution in [-0.4, -0.2) is 33.8 Å². The third kappa shape index (κ3) is 4.95. The quantitative estimate of drug-likeness (QED) is 0.573. The number of halogens is 3. The zero-order chi connectivity index (χ0) is 21.7. The summed E-state index contributed by atoms with van der Waals surface area (Å²) in [5.74, 6) is -0.881. The third-order valence-electron chi connectivity index (χ3n) is 4.24. The molecular weight excluding hydrogens is 403 g/mol. The molecule has 1 aromatic heterocycles. The number of alkyl halides is 3. The first-order valence-electron chi connectivity index (χ1n) is 8.98. The second-order valence-electron chi connectivity index (χ2n) is 6.38. The monoisotopic (exact) mass is 421 g/mol. The first-order chi connectivity index (χ1) is 14.3. The molecule has 2 aromatic carbocycles. The van der Waals surface area contributed by atoms with E-state index in [1.807, 2.05) is 0 Å². The number of benzene rings is 2. The van der Waals surface area contributed by atoms with E-state index < -0.39 is 24.3 Å². The lowest BCUT2D eigenvalue weighted by Crippen LogP contribution is -2.22. The molecule has 2 N–H and O–H groups in total. The molecule has 3 aromatic rings. The van der Waals surface area contributed by atoms with Gasteiger partial charge in [0.1, 0.15) is 12.4 Å². The topological polar surface area (TPSA) is 93.5 Å². The van der Waals surface area contributed by atoms with Crippen LogP contribution in [0.15, 0.2) is 53.6 Å². The predicted molar refractivity (Wildman–Crippen MR) is 103 cm³/mol. The van der Waals surface area contributed by atoms with Crippen LogP contribution in [0.1, 0.15) is 12.0 Å². The maximum Gasteiger partial charge on any atom is 0.419 e. The minimum atomic E-state index is -4.51. The van der Waals surface area contributed by atoms with Gasteiger partial charge in [-0.1, -0.05) is 12.1 Å². The van der Waals surface area contributed by atoms with Crippen molar-refractivity contribution in [1.82, 2.24) is 9.55 Å². The van der Waals surface area contributed by atoms with Gasteiger partial charge in [0.05, 0.1) is 29.4 Å². The number of nitrogens with zero attached hydrogens (tertiary/aromatic N) is 2. The van der Waals surface area contributed by atoms with Crippen LogP contribution in [0.4, 0.5) is 18.9 Å². The van der Waals surface area contributed by atoms with Gasteiger partial charge in [-0.2, -0.15) is 13.2 Å². The number of fused-ring (bicyclic) bond motifs is 1. The Kier molecular flexibility index (Phi) is 6.36. The molecule has 0 aliphatic carbocycles. The van der Waals surface area contributed by atoms with Gasteiger partial charge < -0.3 is 15.2 Å². The van der Waals surface area contributed by atoms with Crippen LogP contribution in [0.3, 0.4) is 0 Å². The lowest BCUT2D eigenvalue weighted by atomic mass is 10.2. The van der Waals surface area contributed by atoms with E-state index in [0.29, 0.717) is 11.2 Å². The first kappa shape index (κ1) is 21.3. The molecule has 0 bridgehead atoms. The van der Waals surface area contributed by atoms with Crippen molar-refractivity contribution in [2.45, 2.75) is 19.1 Å². The number of para-hydroxylation sites is 1. The normalized spacial score (nSPS) is 11.5. The number of amides is 1. The first-order valence-corrected chi connectivity index (χ1v) is 8.98. The number of aliphatic hydroxyl groups is 1. The standard InChI is InChI=1S/C20H18F3N3O4/c21-20(22,23)15-4-1-2-5-17(15)30-9-3-8-26-12-24-16-7-6-13(25-18(28)11-27)10-14(16)19(26)29/h1-2,4-7,10,12,27H,3,8-9,11H2,(H,25,28). The number of hydrogen-bond donors (Lipinski definition) is 2. The number of aliphatic hydroxyl groups excluding tert-OH is 1. The molecule has 0 saturated carbocycles. The van der Waals surface area contributed by atoms with Crippen LogP contribution < -0.4 is 15.6 Å². The van der Waals surface area contributed by atoms with E-state index in [-0.39, 0.29) is 36.3 Å². The van der Waals surface area contributed by atoms with Crippen molar-refractivity contribution < 1.29 is 27.8 Å². The molecule has 3 rings (SSSR count). The fourth-order valence-corrected chi connectivity index (χ4v) is 2.84. The van der Waals surface area contributed by atoms with E-state index in [1.54, 1.807) is 12.1 Å². The number of carbonyl (C=O) groups excluding carboxylic acids is 1. The van der Waals surface area contributed by atoms with E-state index in [1.165, 1.54) is 35.2 Å². The van der Waals surface area contributed by atoms with Crippen molar-refractivity contribution in [2.75, 3.05) is 18.5 Å². The predicted octanol–water partition coefficient (Wildman–Crippen LogP) is 2.82. The highest BCUT2D eigenvalue weighted by Gasteiger charge is 2.33. The van der Waals surface area contributed by atoms with Crippen molar-refractivity contribution in [3.8, 4) is 5.75 Å². The minimum Gasteiger partial charge on any atom is -0.493 e. The molecule has 0 saturated heterocycles. The smallest absolute Gasteiger partial charge is 0.419 e. The third-order valence-corrected chi connectivity index (χ3v) is 4.24. The Hall–Kier alpha value is -3.40. The summed E-state index contributed by atoms with van der Waals surface area (Å²) in [7, 11) is 0. The van der Waals surface area contributed by atoms with Gasteiger partial charge in [-0.05, 0) is 36.8 Å². The van der Waals surface area contributed by atoms with E-state index >= 15 is 0 Å². The Balaban J connectivity index is 1.69. The Morgan fingerprint density at radius 3 is 2.70 bits per heavy atom. The van der Waals surface area contributed by atoms with Crippen LogP contribution in [-0.2, 0) is 17.5 Å². The maximum absolute atomic E-state index is 13.0. The summed E-state index contributed by atoms with van der Waals surface area (Å²) in [4.78, 5) is 28.1. The lowest BCUT2D eigenvalue weighted by Gasteiger charge is -2.14. The zero-order valence-electron chi connectivity index (χ0n) is 15.6. The van der Waals surface area contributed by atoms with E-state index in [9.17, 15) is 22.8 Å². The van der Waals surface area contributed by atoms with Crippen LogP contribution in [0.25, 0.3) is 10.9 Å². The summed E-state index contributed by atoms with van der Waals surface area (Å²) in [6.07, 6.45) is -2.89. The highest BCUT2D eigenvalue weighted by atomic mass is 19.4. The molecule has 0 aliphatic heterocycles. The number of aromatic nitrogens is 2.